The van der Waals surface area contributed by atoms with Crippen LogP contribution in [0.25, 0.3) is 11.1 Å². The minimum atomic E-state index is -0.830. The Bertz CT molecular complexity index is 1070. The number of nitrogens with zero attached hydrogens (tertiary/aromatic N) is 1. The Hall–Kier alpha value is -3.61. The molecule has 2 aromatic carbocycles. The number of carboxylic acids is 1. The van der Waals surface area contributed by atoms with Gasteiger partial charge in [-0.15, -0.1) is 6.58 Å². The fraction of sp³-hybridized carbons (Fsp3) is 0.393. The van der Waals surface area contributed by atoms with Crippen molar-refractivity contribution in [2.45, 2.75) is 50.6 Å². The molecule has 0 saturated carbocycles. The van der Waals surface area contributed by atoms with Crippen molar-refractivity contribution in [1.29, 1.82) is 0 Å². The number of carbonyl (C=O) groups excluding carboxylic acids is 2. The van der Waals surface area contributed by atoms with Gasteiger partial charge < -0.3 is 20.1 Å². The average molecular weight is 477 g/mol. The van der Waals surface area contributed by atoms with Crippen LogP contribution in [0.2, 0.25) is 0 Å². The summed E-state index contributed by atoms with van der Waals surface area (Å²) in [6.45, 7) is 6.10. The zero-order valence-corrected chi connectivity index (χ0v) is 20.0. The molecule has 7 heteroatoms. The first kappa shape index (κ1) is 24.5. The topological polar surface area (TPSA) is 95.9 Å². The van der Waals surface area contributed by atoms with Gasteiger partial charge in [-0.05, 0) is 54.9 Å². The molecule has 0 aromatic heterocycles. The second-order valence-corrected chi connectivity index (χ2v) is 9.33. The lowest BCUT2D eigenvalue weighted by molar-refractivity contribution is -0.148. The number of fused-ring (bicyclic) bond motifs is 3. The van der Waals surface area contributed by atoms with Gasteiger partial charge >= 0.3 is 12.1 Å². The van der Waals surface area contributed by atoms with Crippen LogP contribution in [0.4, 0.5) is 4.79 Å². The number of alkyl carbamates (subject to hydrolysis) is 1. The van der Waals surface area contributed by atoms with Crippen molar-refractivity contribution in [3.63, 3.8) is 0 Å². The van der Waals surface area contributed by atoms with Crippen LogP contribution in [0.1, 0.15) is 49.7 Å². The Morgan fingerprint density at radius 1 is 1.14 bits per heavy atom. The van der Waals surface area contributed by atoms with Gasteiger partial charge in [0.25, 0.3) is 0 Å². The van der Waals surface area contributed by atoms with Gasteiger partial charge in [0.2, 0.25) is 5.91 Å². The molecule has 0 bridgehead atoms. The van der Waals surface area contributed by atoms with Crippen molar-refractivity contribution in [2.24, 2.45) is 5.92 Å². The number of aliphatic carboxylic acids is 1. The summed E-state index contributed by atoms with van der Waals surface area (Å²) in [5.74, 6) is -1.55. The quantitative estimate of drug-likeness (QED) is 0.544. The monoisotopic (exact) mass is 476 g/mol. The second-order valence-electron chi connectivity index (χ2n) is 9.33. The van der Waals surface area contributed by atoms with Crippen LogP contribution in [0, 0.1) is 5.92 Å². The highest BCUT2D eigenvalue weighted by Crippen LogP contribution is 2.44. The SMILES string of the molecule is C=CCCC(NC(=O)OCC1c2ccccc2-c2ccccc21)C(=O)N1CCC(C(=O)O)CC1C. The molecule has 7 nitrogen and oxygen atoms in total. The number of likely N-dealkylation sites (tertiary alicyclic amines) is 1. The molecule has 1 heterocycles. The van der Waals surface area contributed by atoms with Gasteiger partial charge in [0, 0.05) is 18.5 Å². The van der Waals surface area contributed by atoms with E-state index in [-0.39, 0.29) is 24.5 Å². The van der Waals surface area contributed by atoms with E-state index in [0.717, 1.165) is 22.3 Å². The smallest absolute Gasteiger partial charge is 0.407 e. The zero-order chi connectivity index (χ0) is 24.9. The molecule has 2 amide bonds. The maximum atomic E-state index is 13.3. The number of hydrogen-bond donors (Lipinski definition) is 2. The summed E-state index contributed by atoms with van der Waals surface area (Å²) >= 11 is 0. The first-order valence-corrected chi connectivity index (χ1v) is 12.2. The van der Waals surface area contributed by atoms with Crippen LogP contribution in [-0.4, -0.2) is 53.2 Å². The molecule has 1 aliphatic heterocycles. The number of carboxylic acid groups (broad SMARTS) is 1. The highest BCUT2D eigenvalue weighted by Gasteiger charge is 2.36. The van der Waals surface area contributed by atoms with E-state index in [4.69, 9.17) is 4.74 Å². The van der Waals surface area contributed by atoms with E-state index in [1.807, 2.05) is 31.2 Å². The zero-order valence-electron chi connectivity index (χ0n) is 20.0. The maximum absolute atomic E-state index is 13.3. The van der Waals surface area contributed by atoms with Gasteiger partial charge in [-0.1, -0.05) is 54.6 Å². The van der Waals surface area contributed by atoms with Crippen molar-refractivity contribution in [2.75, 3.05) is 13.2 Å². The number of amides is 2. The lowest BCUT2D eigenvalue weighted by Crippen LogP contribution is -2.54. The van der Waals surface area contributed by atoms with Crippen LogP contribution in [-0.2, 0) is 14.3 Å². The van der Waals surface area contributed by atoms with E-state index in [0.29, 0.717) is 32.2 Å². The summed E-state index contributed by atoms with van der Waals surface area (Å²) in [5.41, 5.74) is 4.54. The minimum Gasteiger partial charge on any atom is -0.481 e. The van der Waals surface area contributed by atoms with Crippen LogP contribution >= 0.6 is 0 Å². The number of ether oxygens (including phenoxy) is 1. The standard InChI is InChI=1S/C28H32N2O5/c1-3-4-13-25(26(31)30-15-14-19(27(32)33)16-18(30)2)29-28(34)35-17-24-22-11-7-5-9-20(22)21-10-6-8-12-23(21)24/h3,5-12,18-19,24-25H,1,4,13-17H2,2H3,(H,29,34)(H,32,33). The molecule has 35 heavy (non-hydrogen) atoms. The molecule has 0 radical (unpaired) electrons. The maximum Gasteiger partial charge on any atom is 0.407 e. The van der Waals surface area contributed by atoms with Gasteiger partial charge in [0.05, 0.1) is 5.92 Å². The van der Waals surface area contributed by atoms with E-state index in [1.54, 1.807) is 11.0 Å². The average Bonchev–Trinajstić information content (AvgIpc) is 3.18. The molecule has 3 unspecified atom stereocenters. The molecule has 1 saturated heterocycles. The Morgan fingerprint density at radius 3 is 2.34 bits per heavy atom. The minimum absolute atomic E-state index is 0.0643. The first-order chi connectivity index (χ1) is 16.9. The number of nitrogens with one attached hydrogen (secondary N) is 1. The lowest BCUT2D eigenvalue weighted by Gasteiger charge is -2.38. The van der Waals surface area contributed by atoms with Crippen molar-refractivity contribution in [3.05, 3.63) is 72.3 Å². The highest BCUT2D eigenvalue weighted by molar-refractivity contribution is 5.86. The Balaban J connectivity index is 1.41. The van der Waals surface area contributed by atoms with E-state index in [9.17, 15) is 19.5 Å². The second kappa shape index (κ2) is 10.8. The van der Waals surface area contributed by atoms with Gasteiger partial charge in [-0.3, -0.25) is 9.59 Å². The number of hydrogen-bond acceptors (Lipinski definition) is 4. The number of benzene rings is 2. The predicted molar refractivity (Wildman–Crippen MR) is 133 cm³/mol. The van der Waals surface area contributed by atoms with Crippen molar-refractivity contribution in [1.82, 2.24) is 10.2 Å². The molecule has 184 valence electrons. The Morgan fingerprint density at radius 2 is 1.77 bits per heavy atom. The van der Waals surface area contributed by atoms with E-state index in [2.05, 4.69) is 36.2 Å². The van der Waals surface area contributed by atoms with Crippen LogP contribution in [0.15, 0.2) is 61.2 Å². The Kier molecular flexibility index (Phi) is 7.54. The third kappa shape index (κ3) is 5.24. The molecule has 4 rings (SSSR count). The van der Waals surface area contributed by atoms with Gasteiger partial charge in [-0.25, -0.2) is 4.79 Å². The molecule has 2 aromatic rings. The summed E-state index contributed by atoms with van der Waals surface area (Å²) in [6.07, 6.45) is 2.84. The largest absolute Gasteiger partial charge is 0.481 e. The fourth-order valence-electron chi connectivity index (χ4n) is 5.25. The van der Waals surface area contributed by atoms with Crippen LogP contribution in [0.3, 0.4) is 0 Å². The first-order valence-electron chi connectivity index (χ1n) is 12.2. The summed E-state index contributed by atoms with van der Waals surface area (Å²) in [4.78, 5) is 39.1. The van der Waals surface area contributed by atoms with Gasteiger partial charge in [0.1, 0.15) is 12.6 Å². The molecule has 1 fully saturated rings. The van der Waals surface area contributed by atoms with E-state index >= 15 is 0 Å². The van der Waals surface area contributed by atoms with Crippen LogP contribution < -0.4 is 5.32 Å². The summed E-state index contributed by atoms with van der Waals surface area (Å²) in [7, 11) is 0. The van der Waals surface area contributed by atoms with E-state index < -0.39 is 24.0 Å². The lowest BCUT2D eigenvalue weighted by atomic mass is 9.91. The molecule has 3 atom stereocenters. The third-order valence-electron chi connectivity index (χ3n) is 7.10. The molecule has 2 N–H and O–H groups in total. The number of piperidine rings is 1. The normalized spacial score (nSPS) is 19.9. The van der Waals surface area contributed by atoms with Gasteiger partial charge in [0.15, 0.2) is 0 Å². The summed E-state index contributed by atoms with van der Waals surface area (Å²) in [5, 5.41) is 12.1. The number of carbonyl (C=O) groups is 3. The molecule has 2 aliphatic rings. The van der Waals surface area contributed by atoms with E-state index in [1.165, 1.54) is 0 Å². The number of rotatable bonds is 8. The molecular formula is C28H32N2O5. The van der Waals surface area contributed by atoms with Crippen molar-refractivity contribution in [3.8, 4) is 11.1 Å². The van der Waals surface area contributed by atoms with Crippen LogP contribution in [0.5, 0.6) is 0 Å². The fourth-order valence-corrected chi connectivity index (χ4v) is 5.25. The summed E-state index contributed by atoms with van der Waals surface area (Å²) in [6, 6.07) is 15.3. The number of allylic oxidation sites excluding steroid dienone is 1. The van der Waals surface area contributed by atoms with Crippen molar-refractivity contribution >= 4 is 18.0 Å². The molecular weight excluding hydrogens is 444 g/mol. The van der Waals surface area contributed by atoms with Crippen molar-refractivity contribution < 1.29 is 24.2 Å². The predicted octanol–water partition coefficient (Wildman–Crippen LogP) is 4.57. The third-order valence-corrected chi connectivity index (χ3v) is 7.10. The molecule has 0 spiro atoms. The Labute approximate surface area is 205 Å². The summed E-state index contributed by atoms with van der Waals surface area (Å²) < 4.78 is 5.64. The molecule has 1 aliphatic carbocycles. The van der Waals surface area contributed by atoms with Gasteiger partial charge in [-0.2, -0.15) is 0 Å². The highest BCUT2D eigenvalue weighted by atomic mass is 16.5.